The highest BCUT2D eigenvalue weighted by Gasteiger charge is 1.97. The highest BCUT2D eigenvalue weighted by atomic mass is 16.3. The molecule has 1 unspecified atom stereocenters. The molecule has 0 aliphatic heterocycles. The second-order valence-electron chi connectivity index (χ2n) is 4.15. The molecule has 1 heteroatoms. The minimum Gasteiger partial charge on any atom is -0.380 e. The van der Waals surface area contributed by atoms with Crippen molar-refractivity contribution >= 4 is 0 Å². The van der Waals surface area contributed by atoms with E-state index in [1.165, 1.54) is 18.4 Å². The summed E-state index contributed by atoms with van der Waals surface area (Å²) in [6.45, 7) is 4.20. The van der Waals surface area contributed by atoms with Gasteiger partial charge in [-0.3, -0.25) is 0 Å². The van der Waals surface area contributed by atoms with Gasteiger partial charge in [-0.15, -0.1) is 0 Å². The van der Waals surface area contributed by atoms with Gasteiger partial charge in [0, 0.05) is 5.56 Å². The largest absolute Gasteiger partial charge is 0.380 e. The number of hydrogen-bond acceptors (Lipinski definition) is 1. The Morgan fingerprint density at radius 2 is 2.12 bits per heavy atom. The number of hydrogen-bond donors (Lipinski definition) is 1. The molecule has 1 nitrogen and oxygen atoms in total. The summed E-state index contributed by atoms with van der Waals surface area (Å²) >= 11 is 0. The highest BCUT2D eigenvalue weighted by Crippen LogP contribution is 2.04. The maximum atomic E-state index is 9.63. The van der Waals surface area contributed by atoms with Crippen LogP contribution in [0.25, 0.3) is 0 Å². The van der Waals surface area contributed by atoms with E-state index in [-0.39, 0.29) is 0 Å². The normalized spacial score (nSPS) is 11.7. The highest BCUT2D eigenvalue weighted by molar-refractivity contribution is 5.37. The first kappa shape index (κ1) is 12.8. The van der Waals surface area contributed by atoms with Crippen LogP contribution in [-0.4, -0.2) is 11.2 Å². The van der Waals surface area contributed by atoms with E-state index in [1.807, 2.05) is 31.2 Å². The Balaban J connectivity index is 2.47. The molecular formula is C15H20O. The Labute approximate surface area is 98.5 Å². The van der Waals surface area contributed by atoms with E-state index >= 15 is 0 Å². The van der Waals surface area contributed by atoms with Gasteiger partial charge in [0.25, 0.3) is 0 Å². The Bertz CT molecular complexity index is 371. The van der Waals surface area contributed by atoms with Gasteiger partial charge in [-0.05, 0) is 37.5 Å². The number of unbranched alkanes of at least 4 members (excludes halogenated alkanes) is 2. The molecule has 0 amide bonds. The molecule has 0 spiro atoms. The van der Waals surface area contributed by atoms with E-state index in [0.29, 0.717) is 0 Å². The van der Waals surface area contributed by atoms with Gasteiger partial charge in [-0.2, -0.15) is 0 Å². The first-order chi connectivity index (χ1) is 7.72. The van der Waals surface area contributed by atoms with Crippen LogP contribution in [0.15, 0.2) is 24.3 Å². The van der Waals surface area contributed by atoms with E-state index in [9.17, 15) is 5.11 Å². The van der Waals surface area contributed by atoms with Crippen LogP contribution in [0.2, 0.25) is 0 Å². The van der Waals surface area contributed by atoms with Gasteiger partial charge in [-0.1, -0.05) is 43.7 Å². The van der Waals surface area contributed by atoms with Gasteiger partial charge in [0.15, 0.2) is 0 Å². The van der Waals surface area contributed by atoms with Crippen LogP contribution in [0, 0.1) is 18.8 Å². The minimum absolute atomic E-state index is 0.480. The molecule has 0 bridgehead atoms. The number of aliphatic hydroxyl groups is 1. The molecule has 0 radical (unpaired) electrons. The molecule has 1 aromatic rings. The lowest BCUT2D eigenvalue weighted by Crippen LogP contribution is -2.02. The lowest BCUT2D eigenvalue weighted by Gasteiger charge is -2.01. The summed E-state index contributed by atoms with van der Waals surface area (Å²) in [5.41, 5.74) is 2.18. The van der Waals surface area contributed by atoms with Gasteiger partial charge in [0.05, 0.1) is 0 Å². The molecule has 0 heterocycles. The van der Waals surface area contributed by atoms with Crippen molar-refractivity contribution in [2.75, 3.05) is 0 Å². The fourth-order valence-electron chi connectivity index (χ4n) is 1.55. The van der Waals surface area contributed by atoms with Gasteiger partial charge < -0.3 is 5.11 Å². The minimum atomic E-state index is -0.480. The van der Waals surface area contributed by atoms with Gasteiger partial charge >= 0.3 is 0 Å². The fraction of sp³-hybridized carbons (Fsp3) is 0.467. The van der Waals surface area contributed by atoms with Crippen LogP contribution in [0.1, 0.15) is 43.7 Å². The van der Waals surface area contributed by atoms with Crippen molar-refractivity contribution < 1.29 is 5.11 Å². The number of rotatable bonds is 4. The van der Waals surface area contributed by atoms with Crippen LogP contribution in [-0.2, 0) is 0 Å². The first-order valence-corrected chi connectivity index (χ1v) is 5.98. The smallest absolute Gasteiger partial charge is 0.115 e. The lowest BCUT2D eigenvalue weighted by molar-refractivity contribution is 0.217. The summed E-state index contributed by atoms with van der Waals surface area (Å²) in [6, 6.07) is 8.04. The lowest BCUT2D eigenvalue weighted by atomic mass is 10.1. The second kappa shape index (κ2) is 7.09. The SMILES string of the molecule is CCCCCC(O)C#Cc1cccc(C)c1. The van der Waals surface area contributed by atoms with E-state index in [2.05, 4.69) is 18.8 Å². The van der Waals surface area contributed by atoms with Crippen molar-refractivity contribution in [3.8, 4) is 11.8 Å². The zero-order valence-corrected chi connectivity index (χ0v) is 10.2. The molecule has 1 atom stereocenters. The van der Waals surface area contributed by atoms with Gasteiger partial charge in [-0.25, -0.2) is 0 Å². The molecule has 0 fully saturated rings. The molecule has 1 rings (SSSR count). The second-order valence-corrected chi connectivity index (χ2v) is 4.15. The molecule has 86 valence electrons. The quantitative estimate of drug-likeness (QED) is 0.605. The standard InChI is InChI=1S/C15H20O/c1-3-4-5-9-15(16)11-10-14-8-6-7-13(2)12-14/h6-8,12,15-16H,3-5,9H2,1-2H3. The molecule has 16 heavy (non-hydrogen) atoms. The molecule has 0 saturated heterocycles. The van der Waals surface area contributed by atoms with E-state index in [0.717, 1.165) is 18.4 Å². The summed E-state index contributed by atoms with van der Waals surface area (Å²) in [4.78, 5) is 0. The zero-order valence-electron chi connectivity index (χ0n) is 10.2. The molecule has 0 aromatic heterocycles. The van der Waals surface area contributed by atoms with Crippen molar-refractivity contribution in [3.05, 3.63) is 35.4 Å². The molecule has 1 N–H and O–H groups in total. The predicted molar refractivity (Wildman–Crippen MR) is 68.2 cm³/mol. The number of aliphatic hydroxyl groups excluding tert-OH is 1. The zero-order chi connectivity index (χ0) is 11.8. The van der Waals surface area contributed by atoms with Crippen LogP contribution >= 0.6 is 0 Å². The van der Waals surface area contributed by atoms with Crippen molar-refractivity contribution in [2.24, 2.45) is 0 Å². The predicted octanol–water partition coefficient (Wildman–Crippen LogP) is 3.29. The van der Waals surface area contributed by atoms with Crippen molar-refractivity contribution in [1.82, 2.24) is 0 Å². The topological polar surface area (TPSA) is 20.2 Å². The Morgan fingerprint density at radius 1 is 1.31 bits per heavy atom. The molecule has 1 aromatic carbocycles. The average Bonchev–Trinajstić information content (AvgIpc) is 2.27. The van der Waals surface area contributed by atoms with E-state index in [1.54, 1.807) is 0 Å². The van der Waals surface area contributed by atoms with Crippen LogP contribution < -0.4 is 0 Å². The molecular weight excluding hydrogens is 196 g/mol. The Kier molecular flexibility index (Phi) is 5.67. The van der Waals surface area contributed by atoms with Gasteiger partial charge in [0.2, 0.25) is 0 Å². The fourth-order valence-corrected chi connectivity index (χ4v) is 1.55. The Morgan fingerprint density at radius 3 is 2.81 bits per heavy atom. The number of benzene rings is 1. The summed E-state index contributed by atoms with van der Waals surface area (Å²) in [5.74, 6) is 5.90. The molecule has 0 aliphatic carbocycles. The summed E-state index contributed by atoms with van der Waals surface area (Å²) < 4.78 is 0. The van der Waals surface area contributed by atoms with Crippen molar-refractivity contribution in [1.29, 1.82) is 0 Å². The van der Waals surface area contributed by atoms with Crippen molar-refractivity contribution in [2.45, 2.75) is 45.6 Å². The van der Waals surface area contributed by atoms with Crippen LogP contribution in [0.4, 0.5) is 0 Å². The summed E-state index contributed by atoms with van der Waals surface area (Å²) in [7, 11) is 0. The van der Waals surface area contributed by atoms with E-state index in [4.69, 9.17) is 0 Å². The number of aryl methyl sites for hydroxylation is 1. The molecule has 0 saturated carbocycles. The maximum absolute atomic E-state index is 9.63. The molecule has 0 aliphatic rings. The average molecular weight is 216 g/mol. The van der Waals surface area contributed by atoms with Crippen molar-refractivity contribution in [3.63, 3.8) is 0 Å². The Hall–Kier alpha value is -1.26. The van der Waals surface area contributed by atoms with Crippen LogP contribution in [0.3, 0.4) is 0 Å². The summed E-state index contributed by atoms with van der Waals surface area (Å²) in [6.07, 6.45) is 3.71. The monoisotopic (exact) mass is 216 g/mol. The maximum Gasteiger partial charge on any atom is 0.115 e. The third-order valence-electron chi connectivity index (χ3n) is 2.48. The third-order valence-corrected chi connectivity index (χ3v) is 2.48. The summed E-state index contributed by atoms with van der Waals surface area (Å²) in [5, 5.41) is 9.63. The third kappa shape index (κ3) is 5.00. The van der Waals surface area contributed by atoms with Gasteiger partial charge in [0.1, 0.15) is 6.10 Å². The first-order valence-electron chi connectivity index (χ1n) is 5.98. The van der Waals surface area contributed by atoms with E-state index < -0.39 is 6.10 Å². The van der Waals surface area contributed by atoms with Crippen LogP contribution in [0.5, 0.6) is 0 Å².